The van der Waals surface area contributed by atoms with Gasteiger partial charge in [-0.3, -0.25) is 4.98 Å². The highest BCUT2D eigenvalue weighted by Crippen LogP contribution is 2.25. The van der Waals surface area contributed by atoms with Crippen LogP contribution >= 0.6 is 0 Å². The van der Waals surface area contributed by atoms with E-state index >= 15 is 0 Å². The molecule has 2 aromatic rings. The second-order valence-electron chi connectivity index (χ2n) is 5.16. The molecule has 1 aromatic carbocycles. The van der Waals surface area contributed by atoms with E-state index in [-0.39, 0.29) is 11.9 Å². The van der Waals surface area contributed by atoms with Crippen molar-refractivity contribution in [1.82, 2.24) is 10.3 Å². The van der Waals surface area contributed by atoms with Crippen LogP contribution in [0.1, 0.15) is 26.3 Å². The van der Waals surface area contributed by atoms with E-state index in [0.29, 0.717) is 12.1 Å². The molecule has 0 spiro atoms. The smallest absolute Gasteiger partial charge is 0.138 e. The molecule has 0 radical (unpaired) electrons. The lowest BCUT2D eigenvalue weighted by Gasteiger charge is -2.11. The van der Waals surface area contributed by atoms with Crippen LogP contribution in [0.4, 0.5) is 4.39 Å². The first-order chi connectivity index (χ1) is 10.1. The van der Waals surface area contributed by atoms with Gasteiger partial charge in [-0.15, -0.1) is 0 Å². The SMILES string of the molecule is CCNCc1cc(-c2cncc(OC(C)C)c2)ccc1F. The molecule has 3 nitrogen and oxygen atoms in total. The number of pyridine rings is 1. The summed E-state index contributed by atoms with van der Waals surface area (Å²) in [4.78, 5) is 4.19. The maximum atomic E-state index is 13.8. The van der Waals surface area contributed by atoms with E-state index < -0.39 is 0 Å². The fraction of sp³-hybridized carbons (Fsp3) is 0.353. The van der Waals surface area contributed by atoms with Crippen molar-refractivity contribution in [3.63, 3.8) is 0 Å². The van der Waals surface area contributed by atoms with Gasteiger partial charge in [-0.2, -0.15) is 0 Å². The Kier molecular flexibility index (Phi) is 5.28. The fourth-order valence-electron chi connectivity index (χ4n) is 2.06. The molecule has 0 saturated carbocycles. The summed E-state index contributed by atoms with van der Waals surface area (Å²) in [5, 5.41) is 3.14. The Labute approximate surface area is 125 Å². The number of aromatic nitrogens is 1. The van der Waals surface area contributed by atoms with Gasteiger partial charge >= 0.3 is 0 Å². The normalized spacial score (nSPS) is 10.9. The predicted molar refractivity (Wildman–Crippen MR) is 82.8 cm³/mol. The Morgan fingerprint density at radius 2 is 2.00 bits per heavy atom. The molecule has 112 valence electrons. The van der Waals surface area contributed by atoms with Crippen molar-refractivity contribution in [2.24, 2.45) is 0 Å². The molecule has 0 bridgehead atoms. The van der Waals surface area contributed by atoms with Crippen molar-refractivity contribution < 1.29 is 9.13 Å². The summed E-state index contributed by atoms with van der Waals surface area (Å²) in [6.07, 6.45) is 3.55. The molecule has 1 aromatic heterocycles. The number of rotatable bonds is 6. The molecule has 0 saturated heterocycles. The van der Waals surface area contributed by atoms with Crippen molar-refractivity contribution in [3.05, 3.63) is 48.0 Å². The molecular weight excluding hydrogens is 267 g/mol. The van der Waals surface area contributed by atoms with Gasteiger partial charge in [-0.05, 0) is 44.2 Å². The molecule has 0 fully saturated rings. The maximum Gasteiger partial charge on any atom is 0.138 e. The lowest BCUT2D eigenvalue weighted by atomic mass is 10.0. The first-order valence-corrected chi connectivity index (χ1v) is 7.21. The molecule has 0 aliphatic rings. The number of nitrogens with one attached hydrogen (secondary N) is 1. The lowest BCUT2D eigenvalue weighted by Crippen LogP contribution is -2.13. The molecule has 0 atom stereocenters. The highest BCUT2D eigenvalue weighted by molar-refractivity contribution is 5.64. The van der Waals surface area contributed by atoms with Crippen LogP contribution in [0.3, 0.4) is 0 Å². The summed E-state index contributed by atoms with van der Waals surface area (Å²) in [6, 6.07) is 7.05. The number of nitrogens with zero attached hydrogens (tertiary/aromatic N) is 1. The van der Waals surface area contributed by atoms with E-state index in [9.17, 15) is 4.39 Å². The minimum absolute atomic E-state index is 0.0968. The maximum absolute atomic E-state index is 13.8. The molecule has 1 heterocycles. The van der Waals surface area contributed by atoms with Crippen LogP contribution in [-0.4, -0.2) is 17.6 Å². The predicted octanol–water partition coefficient (Wildman–Crippen LogP) is 3.78. The monoisotopic (exact) mass is 288 g/mol. The van der Waals surface area contributed by atoms with Crippen LogP contribution < -0.4 is 10.1 Å². The summed E-state index contributed by atoms with van der Waals surface area (Å²) < 4.78 is 19.4. The van der Waals surface area contributed by atoms with Gasteiger partial charge in [-0.1, -0.05) is 13.0 Å². The second-order valence-corrected chi connectivity index (χ2v) is 5.16. The van der Waals surface area contributed by atoms with Gasteiger partial charge < -0.3 is 10.1 Å². The number of ether oxygens (including phenoxy) is 1. The van der Waals surface area contributed by atoms with Crippen LogP contribution in [0.2, 0.25) is 0 Å². The molecule has 0 amide bonds. The number of halogens is 1. The Balaban J connectivity index is 2.28. The zero-order valence-electron chi connectivity index (χ0n) is 12.7. The van der Waals surface area contributed by atoms with Crippen molar-refractivity contribution >= 4 is 0 Å². The minimum atomic E-state index is -0.192. The Hall–Kier alpha value is -1.94. The summed E-state index contributed by atoms with van der Waals surface area (Å²) in [7, 11) is 0. The van der Waals surface area contributed by atoms with E-state index in [4.69, 9.17) is 4.74 Å². The molecule has 1 N–H and O–H groups in total. The summed E-state index contributed by atoms with van der Waals surface area (Å²) >= 11 is 0. The van der Waals surface area contributed by atoms with Crippen LogP contribution in [-0.2, 0) is 6.54 Å². The fourth-order valence-corrected chi connectivity index (χ4v) is 2.06. The zero-order valence-corrected chi connectivity index (χ0v) is 12.7. The van der Waals surface area contributed by atoms with Crippen LogP contribution in [0, 0.1) is 5.82 Å². The minimum Gasteiger partial charge on any atom is -0.489 e. The standard InChI is InChI=1S/C17H21FN2O/c1-4-19-10-15-7-13(5-6-17(15)18)14-8-16(11-20-9-14)21-12(2)3/h5-9,11-12,19H,4,10H2,1-3H3. The Morgan fingerprint density at radius 1 is 1.19 bits per heavy atom. The number of benzene rings is 1. The first kappa shape index (κ1) is 15.4. The molecular formula is C17H21FN2O. The van der Waals surface area contributed by atoms with E-state index in [2.05, 4.69) is 10.3 Å². The zero-order chi connectivity index (χ0) is 15.2. The third-order valence-corrected chi connectivity index (χ3v) is 3.03. The quantitative estimate of drug-likeness (QED) is 0.878. The molecule has 2 rings (SSSR count). The molecule has 4 heteroatoms. The van der Waals surface area contributed by atoms with E-state index in [0.717, 1.165) is 23.4 Å². The van der Waals surface area contributed by atoms with Crippen molar-refractivity contribution in [3.8, 4) is 16.9 Å². The number of hydrogen-bond donors (Lipinski definition) is 1. The van der Waals surface area contributed by atoms with Crippen molar-refractivity contribution in [1.29, 1.82) is 0 Å². The van der Waals surface area contributed by atoms with Gasteiger partial charge in [-0.25, -0.2) is 4.39 Å². The van der Waals surface area contributed by atoms with Crippen LogP contribution in [0.25, 0.3) is 11.1 Å². The molecule has 0 aliphatic carbocycles. The molecule has 0 aliphatic heterocycles. The van der Waals surface area contributed by atoms with E-state index in [1.807, 2.05) is 32.9 Å². The van der Waals surface area contributed by atoms with Crippen LogP contribution in [0.5, 0.6) is 5.75 Å². The topological polar surface area (TPSA) is 34.2 Å². The van der Waals surface area contributed by atoms with Crippen molar-refractivity contribution in [2.45, 2.75) is 33.4 Å². The van der Waals surface area contributed by atoms with E-state index in [1.54, 1.807) is 18.5 Å². The van der Waals surface area contributed by atoms with Gasteiger partial charge in [0.2, 0.25) is 0 Å². The number of hydrogen-bond acceptors (Lipinski definition) is 3. The van der Waals surface area contributed by atoms with Gasteiger partial charge in [0.15, 0.2) is 0 Å². The highest BCUT2D eigenvalue weighted by atomic mass is 19.1. The van der Waals surface area contributed by atoms with Crippen molar-refractivity contribution in [2.75, 3.05) is 6.54 Å². The van der Waals surface area contributed by atoms with Gasteiger partial charge in [0, 0.05) is 23.9 Å². The van der Waals surface area contributed by atoms with Gasteiger partial charge in [0.25, 0.3) is 0 Å². The average Bonchev–Trinajstić information content (AvgIpc) is 2.46. The first-order valence-electron chi connectivity index (χ1n) is 7.21. The largest absolute Gasteiger partial charge is 0.489 e. The second kappa shape index (κ2) is 7.18. The third-order valence-electron chi connectivity index (χ3n) is 3.03. The Bertz CT molecular complexity index is 599. The van der Waals surface area contributed by atoms with Gasteiger partial charge in [0.05, 0.1) is 12.3 Å². The summed E-state index contributed by atoms with van der Waals surface area (Å²) in [5.41, 5.74) is 2.52. The Morgan fingerprint density at radius 3 is 2.71 bits per heavy atom. The van der Waals surface area contributed by atoms with E-state index in [1.165, 1.54) is 6.07 Å². The highest BCUT2D eigenvalue weighted by Gasteiger charge is 2.07. The van der Waals surface area contributed by atoms with Gasteiger partial charge in [0.1, 0.15) is 11.6 Å². The average molecular weight is 288 g/mol. The molecule has 0 unspecified atom stereocenters. The summed E-state index contributed by atoms with van der Waals surface area (Å²) in [6.45, 7) is 7.27. The third kappa shape index (κ3) is 4.26. The van der Waals surface area contributed by atoms with Crippen LogP contribution in [0.15, 0.2) is 36.7 Å². The molecule has 21 heavy (non-hydrogen) atoms. The summed E-state index contributed by atoms with van der Waals surface area (Å²) in [5.74, 6) is 0.530. The lowest BCUT2D eigenvalue weighted by molar-refractivity contribution is 0.241.